The van der Waals surface area contributed by atoms with Gasteiger partial charge in [0.15, 0.2) is 0 Å². The number of rotatable bonds is 17. The fraction of sp³-hybridized carbons (Fsp3) is 0.719. The van der Waals surface area contributed by atoms with E-state index in [0.717, 1.165) is 83.7 Å². The molecule has 3 rings (SSSR count). The van der Waals surface area contributed by atoms with Crippen LogP contribution in [0.5, 0.6) is 0 Å². The summed E-state index contributed by atoms with van der Waals surface area (Å²) in [6.45, 7) is 4.42. The van der Waals surface area contributed by atoms with E-state index < -0.39 is 0 Å². The van der Waals surface area contributed by atoms with Crippen molar-refractivity contribution in [3.8, 4) is 0 Å². The van der Waals surface area contributed by atoms with Gasteiger partial charge in [0.2, 0.25) is 0 Å². The molecule has 2 fully saturated rings. The number of nitrogens with zero attached hydrogens (tertiary/aromatic N) is 2. The van der Waals surface area contributed by atoms with Crippen molar-refractivity contribution < 1.29 is 19.4 Å². The van der Waals surface area contributed by atoms with E-state index >= 15 is 0 Å². The van der Waals surface area contributed by atoms with Crippen molar-refractivity contribution in [2.75, 3.05) is 19.7 Å². The third-order valence-electron chi connectivity index (χ3n) is 8.31. The molecule has 1 aliphatic heterocycles. The maximum Gasteiger partial charge on any atom is 0.305 e. The average molecular weight is 527 g/mol. The first-order chi connectivity index (χ1) is 18.6. The smallest absolute Gasteiger partial charge is 0.305 e. The summed E-state index contributed by atoms with van der Waals surface area (Å²) in [5.41, 5.74) is 1.25. The number of hydrogen-bond donors (Lipinski definition) is 1. The Bertz CT molecular complexity index is 843. The van der Waals surface area contributed by atoms with Gasteiger partial charge in [-0.3, -0.25) is 19.5 Å². The first-order valence-electron chi connectivity index (χ1n) is 15.3. The number of Topliss-reactive ketones (excluding diaryl/α,β-unsaturated/α-hetero) is 1. The van der Waals surface area contributed by atoms with Gasteiger partial charge in [-0.05, 0) is 62.6 Å². The normalized spacial score (nSPS) is 23.2. The number of esters is 1. The number of aliphatic hydroxyl groups excluding tert-OH is 1. The van der Waals surface area contributed by atoms with Crippen LogP contribution in [-0.4, -0.2) is 52.5 Å². The fourth-order valence-corrected chi connectivity index (χ4v) is 6.06. The van der Waals surface area contributed by atoms with Gasteiger partial charge in [0.1, 0.15) is 12.4 Å². The maximum atomic E-state index is 12.4. The van der Waals surface area contributed by atoms with Gasteiger partial charge in [-0.15, -0.1) is 0 Å². The van der Waals surface area contributed by atoms with Crippen LogP contribution in [0, 0.1) is 11.8 Å². The van der Waals surface area contributed by atoms with E-state index in [1.807, 2.05) is 24.5 Å². The number of allylic oxidation sites excluding steroid dienone is 1. The summed E-state index contributed by atoms with van der Waals surface area (Å²) in [4.78, 5) is 31.3. The zero-order valence-electron chi connectivity index (χ0n) is 23.6. The maximum absolute atomic E-state index is 12.4. The van der Waals surface area contributed by atoms with Gasteiger partial charge >= 0.3 is 5.97 Å². The van der Waals surface area contributed by atoms with Crippen LogP contribution in [0.1, 0.15) is 115 Å². The standard InChI is InChI=1S/C32H50N2O4/c1-2-3-6-13-28(35)19-17-26-18-20-31(36)29(26)14-7-4-5-8-16-32(37)38-24-23-34-22-10-9-15-30(34)27-12-11-21-33-25-27/h11-12,17,19,21,25-26,28-30,35H,2-10,13-16,18,20,22-24H2,1H3/b19-17+/t26-,28-,29+,30?/m0/s1. The van der Waals surface area contributed by atoms with Crippen molar-refractivity contribution in [2.45, 2.75) is 115 Å². The molecule has 4 atom stereocenters. The number of aromatic nitrogens is 1. The van der Waals surface area contributed by atoms with Crippen molar-refractivity contribution in [3.05, 3.63) is 42.2 Å². The fourth-order valence-electron chi connectivity index (χ4n) is 6.06. The van der Waals surface area contributed by atoms with E-state index in [4.69, 9.17) is 4.74 Å². The molecule has 2 aliphatic rings. The lowest BCUT2D eigenvalue weighted by Crippen LogP contribution is -2.36. The number of unbranched alkanes of at least 4 members (excludes halogenated alkanes) is 5. The van der Waals surface area contributed by atoms with Gasteiger partial charge in [-0.25, -0.2) is 0 Å². The Labute approximate surface area is 230 Å². The summed E-state index contributed by atoms with van der Waals surface area (Å²) in [7, 11) is 0. The molecule has 212 valence electrons. The van der Waals surface area contributed by atoms with Gasteiger partial charge in [0.25, 0.3) is 0 Å². The van der Waals surface area contributed by atoms with Crippen LogP contribution in [0.2, 0.25) is 0 Å². The summed E-state index contributed by atoms with van der Waals surface area (Å²) in [6.07, 6.45) is 21.9. The molecule has 1 aromatic rings. The lowest BCUT2D eigenvalue weighted by atomic mass is 9.89. The van der Waals surface area contributed by atoms with E-state index in [9.17, 15) is 14.7 Å². The summed E-state index contributed by atoms with van der Waals surface area (Å²) < 4.78 is 5.55. The molecule has 1 aromatic heterocycles. The monoisotopic (exact) mass is 526 g/mol. The number of piperidine rings is 1. The minimum atomic E-state index is -0.389. The van der Waals surface area contributed by atoms with E-state index in [0.29, 0.717) is 31.3 Å². The quantitative estimate of drug-likeness (QED) is 0.140. The van der Waals surface area contributed by atoms with Crippen LogP contribution in [-0.2, 0) is 14.3 Å². The average Bonchev–Trinajstić information content (AvgIpc) is 3.29. The Morgan fingerprint density at radius 3 is 2.87 bits per heavy atom. The van der Waals surface area contributed by atoms with E-state index in [2.05, 4.69) is 29.0 Å². The van der Waals surface area contributed by atoms with Gasteiger partial charge < -0.3 is 9.84 Å². The number of likely N-dealkylation sites (tertiary alicyclic amines) is 1. The topological polar surface area (TPSA) is 79.7 Å². The molecule has 0 spiro atoms. The zero-order chi connectivity index (χ0) is 27.0. The summed E-state index contributed by atoms with van der Waals surface area (Å²) in [5, 5.41) is 10.2. The van der Waals surface area contributed by atoms with Crippen molar-refractivity contribution >= 4 is 11.8 Å². The molecule has 1 unspecified atom stereocenters. The number of pyridine rings is 1. The predicted octanol–water partition coefficient (Wildman–Crippen LogP) is 6.59. The second-order valence-corrected chi connectivity index (χ2v) is 11.2. The SMILES string of the molecule is CCCCC[C@H](O)/C=C/[C@H]1CCC(=O)[C@@H]1CCCCCCC(=O)OCCN1CCCCC1c1cccnc1. The Balaban J connectivity index is 1.25. The highest BCUT2D eigenvalue weighted by atomic mass is 16.5. The first kappa shape index (κ1) is 30.5. The zero-order valence-corrected chi connectivity index (χ0v) is 23.6. The Morgan fingerprint density at radius 1 is 1.18 bits per heavy atom. The van der Waals surface area contributed by atoms with Crippen LogP contribution in [0.25, 0.3) is 0 Å². The molecule has 1 saturated heterocycles. The van der Waals surface area contributed by atoms with Gasteiger partial charge in [-0.1, -0.05) is 70.1 Å². The Kier molecular flexibility index (Phi) is 14.1. The number of ketones is 1. The molecular formula is C32H50N2O4. The Hall–Kier alpha value is -2.05. The van der Waals surface area contributed by atoms with E-state index in [-0.39, 0.29) is 23.9 Å². The number of carbonyl (C=O) groups is 2. The van der Waals surface area contributed by atoms with Crippen molar-refractivity contribution in [1.82, 2.24) is 9.88 Å². The van der Waals surface area contributed by atoms with Gasteiger partial charge in [0, 0.05) is 43.7 Å². The van der Waals surface area contributed by atoms with Crippen LogP contribution in [0.4, 0.5) is 0 Å². The molecule has 2 heterocycles. The van der Waals surface area contributed by atoms with Gasteiger partial charge in [0.05, 0.1) is 6.10 Å². The molecule has 1 aliphatic carbocycles. The first-order valence-corrected chi connectivity index (χ1v) is 15.3. The Morgan fingerprint density at radius 2 is 2.05 bits per heavy atom. The van der Waals surface area contributed by atoms with Crippen LogP contribution in [0.15, 0.2) is 36.7 Å². The predicted molar refractivity (Wildman–Crippen MR) is 152 cm³/mol. The van der Waals surface area contributed by atoms with Crippen LogP contribution < -0.4 is 0 Å². The lowest BCUT2D eigenvalue weighted by Gasteiger charge is -2.35. The van der Waals surface area contributed by atoms with Crippen molar-refractivity contribution in [3.63, 3.8) is 0 Å². The molecule has 6 heteroatoms. The minimum absolute atomic E-state index is 0.101. The molecule has 0 amide bonds. The highest BCUT2D eigenvalue weighted by Crippen LogP contribution is 2.34. The number of ether oxygens (including phenoxy) is 1. The third-order valence-corrected chi connectivity index (χ3v) is 8.31. The highest BCUT2D eigenvalue weighted by Gasteiger charge is 2.32. The number of carbonyl (C=O) groups excluding carboxylic acids is 2. The summed E-state index contributed by atoms with van der Waals surface area (Å²) in [6, 6.07) is 4.50. The van der Waals surface area contributed by atoms with E-state index in [1.54, 1.807) is 0 Å². The molecule has 6 nitrogen and oxygen atoms in total. The van der Waals surface area contributed by atoms with E-state index in [1.165, 1.54) is 18.4 Å². The number of aliphatic hydroxyl groups is 1. The third kappa shape index (κ3) is 10.6. The molecule has 0 aromatic carbocycles. The summed E-state index contributed by atoms with van der Waals surface area (Å²) in [5.74, 6) is 0.650. The van der Waals surface area contributed by atoms with Crippen LogP contribution in [0.3, 0.4) is 0 Å². The molecule has 1 saturated carbocycles. The second-order valence-electron chi connectivity index (χ2n) is 11.2. The lowest BCUT2D eigenvalue weighted by molar-refractivity contribution is -0.144. The molecule has 38 heavy (non-hydrogen) atoms. The number of hydrogen-bond acceptors (Lipinski definition) is 6. The molecule has 1 N–H and O–H groups in total. The highest BCUT2D eigenvalue weighted by molar-refractivity contribution is 5.83. The molecule has 0 radical (unpaired) electrons. The summed E-state index contributed by atoms with van der Waals surface area (Å²) >= 11 is 0. The van der Waals surface area contributed by atoms with Crippen molar-refractivity contribution in [1.29, 1.82) is 0 Å². The molecule has 0 bridgehead atoms. The second kappa shape index (κ2) is 17.5. The van der Waals surface area contributed by atoms with Crippen LogP contribution >= 0.6 is 0 Å². The largest absolute Gasteiger partial charge is 0.464 e. The van der Waals surface area contributed by atoms with Crippen molar-refractivity contribution in [2.24, 2.45) is 11.8 Å². The minimum Gasteiger partial charge on any atom is -0.464 e. The molecular weight excluding hydrogens is 476 g/mol. The van der Waals surface area contributed by atoms with Gasteiger partial charge in [-0.2, -0.15) is 0 Å².